The number of sulfonamides is 1. The minimum absolute atomic E-state index is 0.187. The van der Waals surface area contributed by atoms with Crippen LogP contribution in [0.5, 0.6) is 0 Å². The molecule has 7 nitrogen and oxygen atoms in total. The van der Waals surface area contributed by atoms with Crippen molar-refractivity contribution >= 4 is 21.8 Å². The first-order chi connectivity index (χ1) is 13.1. The van der Waals surface area contributed by atoms with Crippen LogP contribution < -0.4 is 4.72 Å². The Morgan fingerprint density at radius 1 is 1.07 bits per heavy atom. The van der Waals surface area contributed by atoms with E-state index in [9.17, 15) is 13.2 Å². The molecule has 0 fully saturated rings. The minimum Gasteiger partial charge on any atom is -0.459 e. The summed E-state index contributed by atoms with van der Waals surface area (Å²) in [6.07, 6.45) is 4.28. The van der Waals surface area contributed by atoms with E-state index >= 15 is 0 Å². The molecule has 0 saturated heterocycles. The first-order valence-electron chi connectivity index (χ1n) is 8.78. The second-order valence-electron chi connectivity index (χ2n) is 6.12. The molecule has 0 spiro atoms. The Bertz CT molecular complexity index is 927. The van der Waals surface area contributed by atoms with Crippen molar-refractivity contribution in [2.75, 3.05) is 6.54 Å². The number of esters is 1. The number of benzene rings is 1. The molecule has 142 valence electrons. The van der Waals surface area contributed by atoms with Crippen molar-refractivity contribution in [3.63, 3.8) is 0 Å². The Hall–Kier alpha value is -2.74. The van der Waals surface area contributed by atoms with Gasteiger partial charge in [0.05, 0.1) is 10.6 Å². The van der Waals surface area contributed by atoms with Crippen LogP contribution in [0.3, 0.4) is 0 Å². The number of hydrogen-bond donors (Lipinski definition) is 1. The SMILES string of the molecule is O=C(CCCCCN=C1NS(=O)(=O)c2ccccc21)OCc1ccccn1. The summed E-state index contributed by atoms with van der Waals surface area (Å²) < 4.78 is 31.6. The smallest absolute Gasteiger partial charge is 0.306 e. The number of unbranched alkanes of at least 4 members (excludes halogenated alkanes) is 2. The molecule has 1 aromatic carbocycles. The van der Waals surface area contributed by atoms with Gasteiger partial charge in [0.2, 0.25) is 0 Å². The summed E-state index contributed by atoms with van der Waals surface area (Å²) in [4.78, 5) is 20.4. The number of hydrogen-bond acceptors (Lipinski definition) is 6. The fourth-order valence-electron chi connectivity index (χ4n) is 2.71. The van der Waals surface area contributed by atoms with Crippen molar-refractivity contribution in [2.24, 2.45) is 4.99 Å². The molecule has 2 heterocycles. The number of aromatic nitrogens is 1. The van der Waals surface area contributed by atoms with Crippen molar-refractivity contribution in [3.8, 4) is 0 Å². The van der Waals surface area contributed by atoms with E-state index in [0.29, 0.717) is 30.8 Å². The van der Waals surface area contributed by atoms with Gasteiger partial charge in [0, 0.05) is 24.7 Å². The van der Waals surface area contributed by atoms with E-state index in [2.05, 4.69) is 14.7 Å². The maximum absolute atomic E-state index is 12.0. The molecule has 2 aromatic rings. The highest BCUT2D eigenvalue weighted by atomic mass is 32.2. The lowest BCUT2D eigenvalue weighted by Crippen LogP contribution is -2.22. The highest BCUT2D eigenvalue weighted by Crippen LogP contribution is 2.22. The number of fused-ring (bicyclic) bond motifs is 1. The van der Waals surface area contributed by atoms with Crippen LogP contribution in [-0.2, 0) is 26.2 Å². The van der Waals surface area contributed by atoms with Gasteiger partial charge in [-0.05, 0) is 37.1 Å². The summed E-state index contributed by atoms with van der Waals surface area (Å²) in [7, 11) is -3.49. The zero-order valence-corrected chi connectivity index (χ0v) is 15.6. The minimum atomic E-state index is -3.49. The van der Waals surface area contributed by atoms with E-state index in [1.54, 1.807) is 30.5 Å². The van der Waals surface area contributed by atoms with Gasteiger partial charge in [-0.25, -0.2) is 8.42 Å². The van der Waals surface area contributed by atoms with Crippen LogP contribution in [0.25, 0.3) is 0 Å². The van der Waals surface area contributed by atoms with Crippen molar-refractivity contribution in [2.45, 2.75) is 37.2 Å². The van der Waals surface area contributed by atoms with Crippen LogP contribution in [0.4, 0.5) is 0 Å². The zero-order valence-electron chi connectivity index (χ0n) is 14.8. The second-order valence-corrected chi connectivity index (χ2v) is 7.78. The van der Waals surface area contributed by atoms with Gasteiger partial charge in [0.1, 0.15) is 12.4 Å². The van der Waals surface area contributed by atoms with E-state index in [0.717, 1.165) is 18.5 Å². The van der Waals surface area contributed by atoms with E-state index in [1.807, 2.05) is 18.2 Å². The van der Waals surface area contributed by atoms with E-state index in [-0.39, 0.29) is 17.5 Å². The number of ether oxygens (including phenoxy) is 1. The predicted octanol–water partition coefficient (Wildman–Crippen LogP) is 2.42. The molecule has 8 heteroatoms. The average molecular weight is 387 g/mol. The molecule has 1 aromatic heterocycles. The van der Waals surface area contributed by atoms with Crippen LogP contribution in [0.2, 0.25) is 0 Å². The van der Waals surface area contributed by atoms with Gasteiger partial charge in [-0.3, -0.25) is 19.5 Å². The summed E-state index contributed by atoms with van der Waals surface area (Å²) in [6, 6.07) is 12.2. The van der Waals surface area contributed by atoms with Gasteiger partial charge < -0.3 is 4.74 Å². The van der Waals surface area contributed by atoms with Crippen molar-refractivity contribution in [3.05, 3.63) is 59.9 Å². The quantitative estimate of drug-likeness (QED) is 0.554. The highest BCUT2D eigenvalue weighted by molar-refractivity contribution is 7.90. The second kappa shape index (κ2) is 8.77. The molecule has 0 radical (unpaired) electrons. The third-order valence-electron chi connectivity index (χ3n) is 4.08. The summed E-state index contributed by atoms with van der Waals surface area (Å²) in [5.74, 6) is 0.143. The van der Waals surface area contributed by atoms with Crippen LogP contribution in [0.15, 0.2) is 58.5 Å². The number of rotatable bonds is 8. The fourth-order valence-corrected chi connectivity index (χ4v) is 3.96. The number of amidine groups is 1. The molecule has 0 unspecified atom stereocenters. The number of carbonyl (C=O) groups excluding carboxylic acids is 1. The molecule has 1 N–H and O–H groups in total. The normalized spacial score (nSPS) is 15.9. The van der Waals surface area contributed by atoms with Gasteiger partial charge in [-0.1, -0.05) is 24.6 Å². The Balaban J connectivity index is 1.36. The monoisotopic (exact) mass is 387 g/mol. The van der Waals surface area contributed by atoms with Crippen molar-refractivity contribution in [1.82, 2.24) is 9.71 Å². The first-order valence-corrected chi connectivity index (χ1v) is 10.3. The largest absolute Gasteiger partial charge is 0.459 e. The van der Waals surface area contributed by atoms with Crippen LogP contribution in [0.1, 0.15) is 36.9 Å². The number of nitrogens with one attached hydrogen (secondary N) is 1. The predicted molar refractivity (Wildman–Crippen MR) is 101 cm³/mol. The Morgan fingerprint density at radius 2 is 1.89 bits per heavy atom. The molecule has 0 amide bonds. The molecule has 0 atom stereocenters. The Labute approximate surface area is 158 Å². The molecular weight excluding hydrogens is 366 g/mol. The highest BCUT2D eigenvalue weighted by Gasteiger charge is 2.29. The van der Waals surface area contributed by atoms with Gasteiger partial charge in [0.25, 0.3) is 10.0 Å². The zero-order chi connectivity index (χ0) is 19.1. The topological polar surface area (TPSA) is 97.7 Å². The molecule has 27 heavy (non-hydrogen) atoms. The third kappa shape index (κ3) is 5.13. The molecule has 0 bridgehead atoms. The Kier molecular flexibility index (Phi) is 6.18. The third-order valence-corrected chi connectivity index (χ3v) is 5.48. The van der Waals surface area contributed by atoms with Gasteiger partial charge in [-0.2, -0.15) is 0 Å². The molecule has 1 aliphatic heterocycles. The molecular formula is C19H21N3O4S. The van der Waals surface area contributed by atoms with E-state index in [4.69, 9.17) is 4.74 Å². The van der Waals surface area contributed by atoms with E-state index < -0.39 is 10.0 Å². The van der Waals surface area contributed by atoms with Crippen molar-refractivity contribution < 1.29 is 17.9 Å². The summed E-state index contributed by atoms with van der Waals surface area (Å²) >= 11 is 0. The number of aliphatic imine (C=N–C) groups is 1. The van der Waals surface area contributed by atoms with E-state index in [1.165, 1.54) is 0 Å². The fraction of sp³-hybridized carbons (Fsp3) is 0.316. The summed E-state index contributed by atoms with van der Waals surface area (Å²) in [6.45, 7) is 0.683. The van der Waals surface area contributed by atoms with Crippen LogP contribution >= 0.6 is 0 Å². The van der Waals surface area contributed by atoms with Crippen LogP contribution in [0, 0.1) is 0 Å². The lowest BCUT2D eigenvalue weighted by atomic mass is 10.2. The van der Waals surface area contributed by atoms with Crippen molar-refractivity contribution in [1.29, 1.82) is 0 Å². The molecule has 3 rings (SSSR count). The maximum atomic E-state index is 12.0. The Morgan fingerprint density at radius 3 is 2.70 bits per heavy atom. The molecule has 0 aliphatic carbocycles. The number of pyridine rings is 1. The lowest BCUT2D eigenvalue weighted by Gasteiger charge is -2.04. The standard InChI is InChI=1S/C19H21N3O4S/c23-18(26-14-15-8-5-7-12-20-15)11-2-1-6-13-21-19-16-9-3-4-10-17(16)27(24,25)22-19/h3-5,7-10,12H,1-2,6,11,13-14H2,(H,21,22). The maximum Gasteiger partial charge on any atom is 0.306 e. The first kappa shape index (κ1) is 19.0. The number of carbonyl (C=O) groups is 1. The molecule has 1 aliphatic rings. The van der Waals surface area contributed by atoms with Crippen LogP contribution in [-0.4, -0.2) is 31.8 Å². The lowest BCUT2D eigenvalue weighted by molar-refractivity contribution is -0.145. The average Bonchev–Trinajstić information content (AvgIpc) is 2.94. The summed E-state index contributed by atoms with van der Waals surface area (Å²) in [5.41, 5.74) is 1.33. The van der Waals surface area contributed by atoms with Gasteiger partial charge >= 0.3 is 5.97 Å². The summed E-state index contributed by atoms with van der Waals surface area (Å²) in [5, 5.41) is 0. The van der Waals surface area contributed by atoms with Gasteiger partial charge in [0.15, 0.2) is 0 Å². The number of nitrogens with zero attached hydrogens (tertiary/aromatic N) is 2. The van der Waals surface area contributed by atoms with Gasteiger partial charge in [-0.15, -0.1) is 0 Å². The molecule has 0 saturated carbocycles.